The number of aromatic nitrogens is 3. The summed E-state index contributed by atoms with van der Waals surface area (Å²) in [7, 11) is 0. The fraction of sp³-hybridized carbons (Fsp3) is 0.429. The maximum Gasteiger partial charge on any atom is 0.269 e. The van der Waals surface area contributed by atoms with Gasteiger partial charge in [-0.05, 0) is 25.0 Å². The Labute approximate surface area is 122 Å². The summed E-state index contributed by atoms with van der Waals surface area (Å²) in [5.41, 5.74) is -0.148. The number of non-ortho nitro benzene ring substituents is 1. The highest BCUT2D eigenvalue weighted by molar-refractivity contribution is 5.56. The molecule has 7 nitrogen and oxygen atoms in total. The zero-order valence-corrected chi connectivity index (χ0v) is 12.2. The Morgan fingerprint density at radius 1 is 1.38 bits per heavy atom. The highest BCUT2D eigenvalue weighted by Crippen LogP contribution is 2.21. The lowest BCUT2D eigenvalue weighted by Gasteiger charge is -2.27. The Balaban J connectivity index is 2.18. The fourth-order valence-electron chi connectivity index (χ4n) is 1.75. The summed E-state index contributed by atoms with van der Waals surface area (Å²) < 4.78 is 1.58. The van der Waals surface area contributed by atoms with Gasteiger partial charge in [0.25, 0.3) is 5.69 Å². The second kappa shape index (κ2) is 5.61. The van der Waals surface area contributed by atoms with Gasteiger partial charge in [-0.15, -0.1) is 0 Å². The predicted molar refractivity (Wildman–Crippen MR) is 77.6 cm³/mol. The summed E-state index contributed by atoms with van der Waals surface area (Å²) >= 11 is 0. The fourth-order valence-corrected chi connectivity index (χ4v) is 1.75. The van der Waals surface area contributed by atoms with Gasteiger partial charge in [0, 0.05) is 17.7 Å². The van der Waals surface area contributed by atoms with Crippen molar-refractivity contribution >= 4 is 5.69 Å². The summed E-state index contributed by atoms with van der Waals surface area (Å²) in [6.07, 6.45) is 1.55. The third-order valence-corrected chi connectivity index (χ3v) is 3.60. The Hall–Kier alpha value is -2.28. The summed E-state index contributed by atoms with van der Waals surface area (Å²) in [4.78, 5) is 14.3. The molecule has 0 saturated heterocycles. The minimum absolute atomic E-state index is 0.0286. The van der Waals surface area contributed by atoms with Crippen LogP contribution in [0.4, 0.5) is 5.69 Å². The molecule has 2 rings (SSSR count). The molecule has 1 unspecified atom stereocenters. The number of nitrogens with zero attached hydrogens (tertiary/aromatic N) is 4. The van der Waals surface area contributed by atoms with E-state index in [1.165, 1.54) is 12.1 Å². The first-order valence-electron chi connectivity index (χ1n) is 6.66. The molecular formula is C14H18N4O3. The van der Waals surface area contributed by atoms with Crippen LogP contribution < -0.4 is 0 Å². The third kappa shape index (κ3) is 3.43. The average molecular weight is 290 g/mol. The molecule has 21 heavy (non-hydrogen) atoms. The van der Waals surface area contributed by atoms with Gasteiger partial charge in [-0.25, -0.2) is 9.67 Å². The van der Waals surface area contributed by atoms with E-state index in [1.54, 1.807) is 30.1 Å². The van der Waals surface area contributed by atoms with Crippen LogP contribution in [0.15, 0.2) is 30.6 Å². The summed E-state index contributed by atoms with van der Waals surface area (Å²) in [5.74, 6) is 0.564. The normalized spacial score (nSPS) is 14.1. The van der Waals surface area contributed by atoms with Crippen LogP contribution in [-0.2, 0) is 6.54 Å². The van der Waals surface area contributed by atoms with Crippen molar-refractivity contribution in [1.82, 2.24) is 14.8 Å². The molecule has 0 amide bonds. The minimum atomic E-state index is -0.875. The molecule has 0 spiro atoms. The molecule has 2 aromatic rings. The van der Waals surface area contributed by atoms with Gasteiger partial charge in [0.15, 0.2) is 5.82 Å². The number of benzene rings is 1. The van der Waals surface area contributed by atoms with Crippen molar-refractivity contribution in [3.05, 3.63) is 40.7 Å². The summed E-state index contributed by atoms with van der Waals surface area (Å²) in [6.45, 7) is 5.97. The van der Waals surface area contributed by atoms with Gasteiger partial charge in [-0.3, -0.25) is 10.1 Å². The van der Waals surface area contributed by atoms with Crippen LogP contribution in [0.5, 0.6) is 0 Å². The van der Waals surface area contributed by atoms with Crippen molar-refractivity contribution in [2.45, 2.75) is 32.9 Å². The lowest BCUT2D eigenvalue weighted by molar-refractivity contribution is -0.384. The monoisotopic (exact) mass is 290 g/mol. The molecular weight excluding hydrogens is 272 g/mol. The van der Waals surface area contributed by atoms with Gasteiger partial charge in [-0.2, -0.15) is 5.10 Å². The van der Waals surface area contributed by atoms with Gasteiger partial charge >= 0.3 is 0 Å². The van der Waals surface area contributed by atoms with Crippen molar-refractivity contribution < 1.29 is 10.0 Å². The Bertz CT molecular complexity index is 632. The molecule has 0 saturated carbocycles. The SMILES string of the molecule is CC(C)C(C)(O)Cn1cnc(-c2ccc([N+](=O)[O-])cc2)n1. The number of hydrogen-bond acceptors (Lipinski definition) is 5. The quantitative estimate of drug-likeness (QED) is 0.673. The Morgan fingerprint density at radius 3 is 2.52 bits per heavy atom. The molecule has 0 radical (unpaired) electrons. The van der Waals surface area contributed by atoms with E-state index in [0.717, 1.165) is 0 Å². The van der Waals surface area contributed by atoms with Crippen LogP contribution in [-0.4, -0.2) is 30.4 Å². The van der Waals surface area contributed by atoms with Gasteiger partial charge in [0.05, 0.1) is 17.1 Å². The number of nitro benzene ring substituents is 1. The maximum absolute atomic E-state index is 10.6. The second-order valence-electron chi connectivity index (χ2n) is 5.58. The van der Waals surface area contributed by atoms with E-state index in [9.17, 15) is 15.2 Å². The maximum atomic E-state index is 10.6. The molecule has 0 fully saturated rings. The number of nitro groups is 1. The van der Waals surface area contributed by atoms with Crippen LogP contribution in [0.3, 0.4) is 0 Å². The molecule has 1 aromatic heterocycles. The van der Waals surface area contributed by atoms with Crippen molar-refractivity contribution in [2.75, 3.05) is 0 Å². The van der Waals surface area contributed by atoms with Crippen LogP contribution in [0, 0.1) is 16.0 Å². The molecule has 1 aromatic carbocycles. The first-order valence-corrected chi connectivity index (χ1v) is 6.66. The average Bonchev–Trinajstić information content (AvgIpc) is 2.86. The first kappa shape index (κ1) is 15.1. The molecule has 112 valence electrons. The van der Waals surface area contributed by atoms with Crippen molar-refractivity contribution in [3.8, 4) is 11.4 Å². The van der Waals surface area contributed by atoms with Crippen molar-refractivity contribution in [3.63, 3.8) is 0 Å². The van der Waals surface area contributed by atoms with Gasteiger partial charge in [-0.1, -0.05) is 13.8 Å². The highest BCUT2D eigenvalue weighted by atomic mass is 16.6. The van der Waals surface area contributed by atoms with Crippen LogP contribution >= 0.6 is 0 Å². The highest BCUT2D eigenvalue weighted by Gasteiger charge is 2.26. The van der Waals surface area contributed by atoms with E-state index < -0.39 is 10.5 Å². The number of rotatable bonds is 5. The van der Waals surface area contributed by atoms with Crippen LogP contribution in [0.25, 0.3) is 11.4 Å². The van der Waals surface area contributed by atoms with E-state index in [1.807, 2.05) is 13.8 Å². The molecule has 0 aliphatic carbocycles. The van der Waals surface area contributed by atoms with E-state index in [0.29, 0.717) is 17.9 Å². The summed E-state index contributed by atoms with van der Waals surface area (Å²) in [5, 5.41) is 25.2. The minimum Gasteiger partial charge on any atom is -0.388 e. The van der Waals surface area contributed by atoms with Gasteiger partial charge < -0.3 is 5.11 Å². The third-order valence-electron chi connectivity index (χ3n) is 3.60. The van der Waals surface area contributed by atoms with E-state index in [2.05, 4.69) is 10.1 Å². The van der Waals surface area contributed by atoms with Crippen LogP contribution in [0.1, 0.15) is 20.8 Å². The number of hydrogen-bond donors (Lipinski definition) is 1. The Kier molecular flexibility index (Phi) is 4.04. The smallest absolute Gasteiger partial charge is 0.269 e. The van der Waals surface area contributed by atoms with E-state index >= 15 is 0 Å². The predicted octanol–water partition coefficient (Wildman–Crippen LogP) is 2.26. The van der Waals surface area contributed by atoms with Crippen LogP contribution in [0.2, 0.25) is 0 Å². The second-order valence-corrected chi connectivity index (χ2v) is 5.58. The molecule has 1 N–H and O–H groups in total. The number of aliphatic hydroxyl groups is 1. The lowest BCUT2D eigenvalue weighted by atomic mass is 9.93. The topological polar surface area (TPSA) is 94.1 Å². The van der Waals surface area contributed by atoms with Gasteiger partial charge in [0.1, 0.15) is 6.33 Å². The van der Waals surface area contributed by atoms with E-state index in [-0.39, 0.29) is 11.6 Å². The Morgan fingerprint density at radius 2 is 2.00 bits per heavy atom. The van der Waals surface area contributed by atoms with Crippen molar-refractivity contribution in [1.29, 1.82) is 0 Å². The molecule has 1 atom stereocenters. The van der Waals surface area contributed by atoms with Crippen molar-refractivity contribution in [2.24, 2.45) is 5.92 Å². The van der Waals surface area contributed by atoms with E-state index in [4.69, 9.17) is 0 Å². The van der Waals surface area contributed by atoms with Gasteiger partial charge in [0.2, 0.25) is 0 Å². The largest absolute Gasteiger partial charge is 0.388 e. The summed E-state index contributed by atoms with van der Waals surface area (Å²) in [6, 6.07) is 6.05. The molecule has 0 bridgehead atoms. The zero-order valence-electron chi connectivity index (χ0n) is 12.2. The molecule has 1 heterocycles. The molecule has 7 heteroatoms. The lowest BCUT2D eigenvalue weighted by Crippen LogP contribution is -2.36. The standard InChI is InChI=1S/C14H18N4O3/c1-10(2)14(3,19)8-17-9-15-13(16-17)11-4-6-12(7-5-11)18(20)21/h4-7,9-10,19H,8H2,1-3H3. The zero-order chi connectivity index (χ0) is 15.6. The molecule has 0 aliphatic heterocycles. The molecule has 0 aliphatic rings. The first-order chi connectivity index (χ1) is 9.79.